The van der Waals surface area contributed by atoms with Crippen LogP contribution in [0.4, 0.5) is 17.6 Å². The van der Waals surface area contributed by atoms with E-state index in [1.807, 2.05) is 0 Å². The number of nitrogens with zero attached hydrogens (tertiary/aromatic N) is 1. The lowest BCUT2D eigenvalue weighted by Crippen LogP contribution is -2.41. The van der Waals surface area contributed by atoms with Gasteiger partial charge in [-0.1, -0.05) is 0 Å². The molecule has 2 nitrogen and oxygen atoms in total. The average molecular weight is 228 g/mol. The zero-order chi connectivity index (χ0) is 11.5. The largest absolute Gasteiger partial charge is 0.319 e. The Morgan fingerprint density at radius 1 is 1.47 bits per heavy atom. The van der Waals surface area contributed by atoms with Crippen molar-refractivity contribution in [1.82, 2.24) is 10.2 Å². The lowest BCUT2D eigenvalue weighted by atomic mass is 10.1. The molecule has 6 heteroatoms. The first kappa shape index (κ1) is 12.7. The van der Waals surface area contributed by atoms with E-state index in [0.717, 1.165) is 13.0 Å². The summed E-state index contributed by atoms with van der Waals surface area (Å²) in [7, 11) is 1.79. The molecular formula is C9H16F4N2. The third kappa shape index (κ3) is 3.61. The molecule has 0 bridgehead atoms. The molecule has 1 heterocycles. The van der Waals surface area contributed by atoms with Crippen LogP contribution < -0.4 is 5.32 Å². The summed E-state index contributed by atoms with van der Waals surface area (Å²) in [5.41, 5.74) is 0. The van der Waals surface area contributed by atoms with Crippen molar-refractivity contribution in [2.24, 2.45) is 5.92 Å². The molecule has 0 amide bonds. The molecule has 0 radical (unpaired) electrons. The molecule has 15 heavy (non-hydrogen) atoms. The topological polar surface area (TPSA) is 15.3 Å². The predicted octanol–water partition coefficient (Wildman–Crippen LogP) is 1.43. The molecule has 0 aromatic rings. The molecule has 1 unspecified atom stereocenters. The van der Waals surface area contributed by atoms with Crippen molar-refractivity contribution >= 4 is 0 Å². The minimum atomic E-state index is -3.88. The quantitative estimate of drug-likeness (QED) is 0.716. The maximum atomic E-state index is 12.7. The molecule has 1 fully saturated rings. The minimum Gasteiger partial charge on any atom is -0.319 e. The number of hydrogen-bond acceptors (Lipinski definition) is 2. The highest BCUT2D eigenvalue weighted by Crippen LogP contribution is 2.26. The highest BCUT2D eigenvalue weighted by molar-refractivity contribution is 4.82. The highest BCUT2D eigenvalue weighted by atomic mass is 19.3. The average Bonchev–Trinajstić information content (AvgIpc) is 2.52. The Bertz CT molecular complexity index is 199. The summed E-state index contributed by atoms with van der Waals surface area (Å²) in [4.78, 5) is 1.41. The highest BCUT2D eigenvalue weighted by Gasteiger charge is 2.43. The first-order valence-corrected chi connectivity index (χ1v) is 4.98. The van der Waals surface area contributed by atoms with Gasteiger partial charge in [-0.05, 0) is 32.5 Å². The van der Waals surface area contributed by atoms with Crippen LogP contribution >= 0.6 is 0 Å². The van der Waals surface area contributed by atoms with Crippen LogP contribution in [0, 0.1) is 5.92 Å². The second kappa shape index (κ2) is 5.12. The van der Waals surface area contributed by atoms with Crippen molar-refractivity contribution in [2.75, 3.05) is 33.2 Å². The number of rotatable bonds is 5. The zero-order valence-corrected chi connectivity index (χ0v) is 8.65. The Kier molecular flexibility index (Phi) is 4.33. The monoisotopic (exact) mass is 228 g/mol. The van der Waals surface area contributed by atoms with Gasteiger partial charge < -0.3 is 5.32 Å². The third-order valence-electron chi connectivity index (χ3n) is 2.62. The van der Waals surface area contributed by atoms with Gasteiger partial charge in [0.2, 0.25) is 0 Å². The van der Waals surface area contributed by atoms with Crippen molar-refractivity contribution < 1.29 is 17.6 Å². The van der Waals surface area contributed by atoms with Crippen LogP contribution in [0.2, 0.25) is 0 Å². The summed E-state index contributed by atoms with van der Waals surface area (Å²) < 4.78 is 49.3. The number of halogens is 4. The van der Waals surface area contributed by atoms with E-state index in [9.17, 15) is 17.6 Å². The number of nitrogens with one attached hydrogen (secondary N) is 1. The molecule has 1 atom stereocenters. The second-order valence-electron chi connectivity index (χ2n) is 4.01. The summed E-state index contributed by atoms with van der Waals surface area (Å²) in [6.45, 7) is 0.874. The van der Waals surface area contributed by atoms with Gasteiger partial charge in [0.15, 0.2) is 0 Å². The van der Waals surface area contributed by atoms with Gasteiger partial charge in [-0.15, -0.1) is 0 Å². The molecule has 0 aromatic heterocycles. The molecular weight excluding hydrogens is 212 g/mol. The lowest BCUT2D eigenvalue weighted by molar-refractivity contribution is -0.140. The van der Waals surface area contributed by atoms with Crippen molar-refractivity contribution in [3.05, 3.63) is 0 Å². The van der Waals surface area contributed by atoms with E-state index in [4.69, 9.17) is 0 Å². The molecule has 1 aliphatic rings. The Labute approximate surface area is 86.6 Å². The van der Waals surface area contributed by atoms with E-state index >= 15 is 0 Å². The maximum absolute atomic E-state index is 12.7. The van der Waals surface area contributed by atoms with E-state index in [1.165, 1.54) is 4.90 Å². The Morgan fingerprint density at radius 3 is 2.67 bits per heavy atom. The van der Waals surface area contributed by atoms with E-state index in [2.05, 4.69) is 5.32 Å². The van der Waals surface area contributed by atoms with Crippen molar-refractivity contribution in [1.29, 1.82) is 0 Å². The fraction of sp³-hybridized carbons (Fsp3) is 1.00. The summed E-state index contributed by atoms with van der Waals surface area (Å²) >= 11 is 0. The van der Waals surface area contributed by atoms with E-state index in [-0.39, 0.29) is 0 Å². The van der Waals surface area contributed by atoms with Gasteiger partial charge >= 0.3 is 12.3 Å². The van der Waals surface area contributed by atoms with Gasteiger partial charge in [-0.2, -0.15) is 8.78 Å². The predicted molar refractivity (Wildman–Crippen MR) is 49.4 cm³/mol. The molecule has 1 rings (SSSR count). The summed E-state index contributed by atoms with van der Waals surface area (Å²) in [6, 6.07) is 0. The van der Waals surface area contributed by atoms with Crippen LogP contribution in [0.15, 0.2) is 0 Å². The van der Waals surface area contributed by atoms with Crippen LogP contribution in [0.5, 0.6) is 0 Å². The molecule has 0 aliphatic carbocycles. The van der Waals surface area contributed by atoms with Crippen LogP contribution in [-0.2, 0) is 0 Å². The van der Waals surface area contributed by atoms with E-state index in [1.54, 1.807) is 7.05 Å². The number of alkyl halides is 4. The fourth-order valence-electron chi connectivity index (χ4n) is 1.88. The van der Waals surface area contributed by atoms with E-state index in [0.29, 0.717) is 19.0 Å². The first-order valence-electron chi connectivity index (χ1n) is 4.98. The van der Waals surface area contributed by atoms with Crippen molar-refractivity contribution in [3.8, 4) is 0 Å². The van der Waals surface area contributed by atoms with Gasteiger partial charge in [0.05, 0.1) is 6.54 Å². The van der Waals surface area contributed by atoms with Crippen LogP contribution in [0.3, 0.4) is 0 Å². The molecule has 0 spiro atoms. The SMILES string of the molecule is CNCC1CCN(CC(F)(F)C(F)F)C1. The number of hydrogen-bond donors (Lipinski definition) is 1. The minimum absolute atomic E-state index is 0.295. The molecule has 0 aromatic carbocycles. The van der Waals surface area contributed by atoms with Gasteiger partial charge in [-0.3, -0.25) is 4.90 Å². The summed E-state index contributed by atoms with van der Waals surface area (Å²) in [6.07, 6.45) is -2.78. The van der Waals surface area contributed by atoms with Crippen LogP contribution in [-0.4, -0.2) is 50.5 Å². The maximum Gasteiger partial charge on any atom is 0.319 e. The smallest absolute Gasteiger partial charge is 0.319 e. The van der Waals surface area contributed by atoms with E-state index < -0.39 is 18.9 Å². The number of likely N-dealkylation sites (tertiary alicyclic amines) is 1. The van der Waals surface area contributed by atoms with Gasteiger partial charge in [0.25, 0.3) is 0 Å². The van der Waals surface area contributed by atoms with Gasteiger partial charge in [0.1, 0.15) is 0 Å². The summed E-state index contributed by atoms with van der Waals surface area (Å²) in [5, 5.41) is 2.95. The summed E-state index contributed by atoms with van der Waals surface area (Å²) in [5.74, 6) is -3.59. The zero-order valence-electron chi connectivity index (χ0n) is 8.65. The van der Waals surface area contributed by atoms with Crippen molar-refractivity contribution in [2.45, 2.75) is 18.8 Å². The normalized spacial score (nSPS) is 24.0. The Morgan fingerprint density at radius 2 is 2.13 bits per heavy atom. The van der Waals surface area contributed by atoms with Crippen molar-refractivity contribution in [3.63, 3.8) is 0 Å². The molecule has 0 saturated carbocycles. The standard InChI is InChI=1S/C9H16F4N2/c1-14-4-7-2-3-15(5-7)6-9(12,13)8(10)11/h7-8,14H,2-6H2,1H3. The second-order valence-corrected chi connectivity index (χ2v) is 4.01. The van der Waals surface area contributed by atoms with Crippen LogP contribution in [0.25, 0.3) is 0 Å². The molecule has 1 saturated heterocycles. The first-order chi connectivity index (χ1) is 6.95. The lowest BCUT2D eigenvalue weighted by Gasteiger charge is -2.22. The molecule has 1 aliphatic heterocycles. The third-order valence-corrected chi connectivity index (χ3v) is 2.62. The van der Waals surface area contributed by atoms with Gasteiger partial charge in [0, 0.05) is 6.54 Å². The Hall–Kier alpha value is -0.360. The molecule has 1 N–H and O–H groups in total. The Balaban J connectivity index is 2.35. The van der Waals surface area contributed by atoms with Crippen LogP contribution in [0.1, 0.15) is 6.42 Å². The fourth-order valence-corrected chi connectivity index (χ4v) is 1.88. The van der Waals surface area contributed by atoms with Gasteiger partial charge in [-0.25, -0.2) is 8.78 Å². The molecule has 90 valence electrons.